The van der Waals surface area contributed by atoms with Crippen molar-refractivity contribution in [1.29, 1.82) is 0 Å². The first-order chi connectivity index (χ1) is 28.5. The third-order valence-corrected chi connectivity index (χ3v) is 12.5. The van der Waals surface area contributed by atoms with Crippen LogP contribution in [0.3, 0.4) is 0 Å². The van der Waals surface area contributed by atoms with Gasteiger partial charge in [0.25, 0.3) is 0 Å². The summed E-state index contributed by atoms with van der Waals surface area (Å²) in [5, 5.41) is 16.8. The number of nitrogens with zero attached hydrogens (tertiary/aromatic N) is 5. The number of ketones is 1. The summed E-state index contributed by atoms with van der Waals surface area (Å²) in [5.41, 5.74) is 6.42. The van der Waals surface area contributed by atoms with Crippen LogP contribution in [0.25, 0.3) is 16.8 Å². The Morgan fingerprint density at radius 3 is 2.32 bits per heavy atom. The summed E-state index contributed by atoms with van der Waals surface area (Å²) in [7, 11) is -1.82. The molecule has 0 fully saturated rings. The summed E-state index contributed by atoms with van der Waals surface area (Å²) in [4.78, 5) is 18.8. The minimum absolute atomic E-state index is 0.0597. The number of ether oxygens (including phenoxy) is 3. The number of methoxy groups -OCH3 is 1. The van der Waals surface area contributed by atoms with Crippen LogP contribution >= 0.6 is 11.6 Å². The summed E-state index contributed by atoms with van der Waals surface area (Å²) in [6, 6.07) is 18.3. The van der Waals surface area contributed by atoms with Crippen molar-refractivity contribution in [3.05, 3.63) is 105 Å². The molecule has 6 rings (SSSR count). The molecule has 0 saturated heterocycles. The SMILES string of the molecule is COc1ccc2c(c1)C(c1ccc(Cl)cc1)=N[C@@H](CC(=O)CCCCOCCOCCCNCCCS(=O)(=O)c1cc(-c3c(C)noc3C)ccc1C)c1nnc(C)n1-2. The van der Waals surface area contributed by atoms with Gasteiger partial charge in [-0.1, -0.05) is 41.0 Å². The molecule has 5 aromatic rings. The number of carbonyl (C=O) groups is 1. The Bertz CT molecular complexity index is 2340. The highest BCUT2D eigenvalue weighted by Crippen LogP contribution is 2.35. The average Bonchev–Trinajstić information content (AvgIpc) is 3.73. The summed E-state index contributed by atoms with van der Waals surface area (Å²) in [5.74, 6) is 2.84. The van der Waals surface area contributed by atoms with E-state index in [1.807, 2.05) is 86.9 Å². The monoisotopic (exact) mass is 844 g/mol. The van der Waals surface area contributed by atoms with Crippen molar-refractivity contribution >= 4 is 32.9 Å². The fraction of sp³-hybridized carbons (Fsp3) is 0.432. The molecule has 15 heteroatoms. The van der Waals surface area contributed by atoms with Crippen molar-refractivity contribution in [2.45, 2.75) is 77.2 Å². The standard InChI is InChI=1S/C44H53ClN6O7S/c1-29-11-12-34(42-30(2)50-58-31(42)3)26-41(29)59(53,54)25-9-20-46-19-8-22-57-24-23-56-21-7-6-10-36(52)27-39-44-49-48-32(4)51(44)40-18-17-37(55-5)28-38(40)43(47-39)33-13-15-35(45)16-14-33/h11-18,26,28,39,46H,6-10,19-25,27H2,1-5H3/t39-/m0/s1. The van der Waals surface area contributed by atoms with Gasteiger partial charge in [0.2, 0.25) is 0 Å². The van der Waals surface area contributed by atoms with Gasteiger partial charge >= 0.3 is 0 Å². The molecule has 13 nitrogen and oxygen atoms in total. The lowest BCUT2D eigenvalue weighted by atomic mass is 9.99. The van der Waals surface area contributed by atoms with Gasteiger partial charge in [-0.2, -0.15) is 0 Å². The molecule has 1 aliphatic heterocycles. The molecule has 0 unspecified atom stereocenters. The van der Waals surface area contributed by atoms with Crippen LogP contribution in [0.1, 0.15) is 84.4 Å². The van der Waals surface area contributed by atoms with E-state index in [1.165, 1.54) is 0 Å². The third-order valence-electron chi connectivity index (χ3n) is 10.3. The van der Waals surface area contributed by atoms with Crippen LogP contribution in [0, 0.1) is 27.7 Å². The van der Waals surface area contributed by atoms with Gasteiger partial charge in [-0.05, 0) is 114 Å². The second kappa shape index (κ2) is 20.5. The number of hydrogen-bond donors (Lipinski definition) is 1. The molecule has 314 valence electrons. The van der Waals surface area contributed by atoms with Crippen molar-refractivity contribution < 1.29 is 31.9 Å². The number of halogens is 1. The number of Topliss-reactive ketones (excluding diaryl/α,β-unsaturated/α-hetero) is 1. The van der Waals surface area contributed by atoms with Crippen LogP contribution in [-0.4, -0.2) is 92.2 Å². The molecule has 1 atom stereocenters. The van der Waals surface area contributed by atoms with Crippen LogP contribution < -0.4 is 10.1 Å². The molecule has 2 aromatic heterocycles. The quantitative estimate of drug-likeness (QED) is 0.0680. The van der Waals surface area contributed by atoms with Crippen LogP contribution in [0.2, 0.25) is 5.02 Å². The first-order valence-electron chi connectivity index (χ1n) is 20.1. The minimum atomic E-state index is -3.45. The summed E-state index contributed by atoms with van der Waals surface area (Å²) < 4.78 is 50.7. The van der Waals surface area contributed by atoms with E-state index in [-0.39, 0.29) is 18.0 Å². The number of carbonyl (C=O) groups excluding carboxylic acids is 1. The summed E-state index contributed by atoms with van der Waals surface area (Å²) in [6.45, 7) is 10.8. The number of aliphatic imine (C=N–C) groups is 1. The number of nitrogens with one attached hydrogen (secondary N) is 1. The van der Waals surface area contributed by atoms with Gasteiger partial charge in [0.1, 0.15) is 29.2 Å². The van der Waals surface area contributed by atoms with Gasteiger partial charge in [-0.3, -0.25) is 14.4 Å². The van der Waals surface area contributed by atoms with Crippen molar-refractivity contribution in [2.75, 3.05) is 52.4 Å². The zero-order chi connectivity index (χ0) is 41.9. The Hall–Kier alpha value is -4.73. The molecule has 0 saturated carbocycles. The van der Waals surface area contributed by atoms with E-state index in [0.29, 0.717) is 85.3 Å². The van der Waals surface area contributed by atoms with E-state index in [2.05, 4.69) is 20.7 Å². The molecule has 0 spiro atoms. The zero-order valence-electron chi connectivity index (χ0n) is 34.4. The molecule has 0 radical (unpaired) electrons. The molecule has 1 N–H and O–H groups in total. The van der Waals surface area contributed by atoms with E-state index >= 15 is 0 Å². The minimum Gasteiger partial charge on any atom is -0.497 e. The molecule has 0 amide bonds. The predicted octanol–water partition coefficient (Wildman–Crippen LogP) is 7.72. The largest absolute Gasteiger partial charge is 0.497 e. The second-order valence-corrected chi connectivity index (χ2v) is 17.2. The van der Waals surface area contributed by atoms with E-state index in [0.717, 1.165) is 64.3 Å². The Labute approximate surface area is 351 Å². The second-order valence-electron chi connectivity index (χ2n) is 14.7. The first kappa shape index (κ1) is 43.8. The van der Waals surface area contributed by atoms with Gasteiger partial charge in [0.15, 0.2) is 15.7 Å². The van der Waals surface area contributed by atoms with Gasteiger partial charge in [0.05, 0.1) is 48.1 Å². The van der Waals surface area contributed by atoms with Gasteiger partial charge in [0, 0.05) is 47.8 Å². The molecule has 0 bridgehead atoms. The highest BCUT2D eigenvalue weighted by atomic mass is 35.5. The fourth-order valence-electron chi connectivity index (χ4n) is 7.25. The van der Waals surface area contributed by atoms with Crippen LogP contribution in [0.5, 0.6) is 5.75 Å². The lowest BCUT2D eigenvalue weighted by Crippen LogP contribution is -2.21. The highest BCUT2D eigenvalue weighted by molar-refractivity contribution is 7.91. The predicted molar refractivity (Wildman–Crippen MR) is 228 cm³/mol. The van der Waals surface area contributed by atoms with Gasteiger partial charge in [-0.15, -0.1) is 10.2 Å². The van der Waals surface area contributed by atoms with E-state index in [4.69, 9.17) is 35.3 Å². The maximum Gasteiger partial charge on any atom is 0.178 e. The molecule has 1 aliphatic rings. The van der Waals surface area contributed by atoms with E-state index in [9.17, 15) is 13.2 Å². The average molecular weight is 845 g/mol. The molecule has 3 aromatic carbocycles. The Kier molecular flexibility index (Phi) is 15.2. The van der Waals surface area contributed by atoms with E-state index < -0.39 is 15.9 Å². The number of aryl methyl sites for hydroxylation is 4. The van der Waals surface area contributed by atoms with Crippen molar-refractivity contribution in [3.63, 3.8) is 0 Å². The molecule has 59 heavy (non-hydrogen) atoms. The molecule has 3 heterocycles. The normalized spacial score (nSPS) is 13.8. The Morgan fingerprint density at radius 2 is 1.59 bits per heavy atom. The number of aromatic nitrogens is 4. The summed E-state index contributed by atoms with van der Waals surface area (Å²) in [6.07, 6.45) is 3.36. The van der Waals surface area contributed by atoms with Crippen LogP contribution in [0.15, 0.2) is 75.1 Å². The number of unbranched alkanes of at least 4 members (excludes halogenated alkanes) is 1. The van der Waals surface area contributed by atoms with Crippen LogP contribution in [-0.2, 0) is 24.1 Å². The number of hydrogen-bond acceptors (Lipinski definition) is 12. The van der Waals surface area contributed by atoms with Crippen molar-refractivity contribution in [2.24, 2.45) is 4.99 Å². The lowest BCUT2D eigenvalue weighted by Gasteiger charge is -2.14. The topological polar surface area (TPSA) is 160 Å². The number of benzene rings is 3. The fourth-order valence-corrected chi connectivity index (χ4v) is 8.99. The smallest absolute Gasteiger partial charge is 0.178 e. The third kappa shape index (κ3) is 11.1. The molecule has 0 aliphatic carbocycles. The molecular formula is C44H53ClN6O7S. The number of fused-ring (bicyclic) bond motifs is 3. The maximum absolute atomic E-state index is 13.3. The summed E-state index contributed by atoms with van der Waals surface area (Å²) >= 11 is 6.22. The van der Waals surface area contributed by atoms with Gasteiger partial charge in [-0.25, -0.2) is 8.42 Å². The van der Waals surface area contributed by atoms with Crippen molar-refractivity contribution in [1.82, 2.24) is 25.2 Å². The van der Waals surface area contributed by atoms with Gasteiger partial charge < -0.3 is 24.1 Å². The number of sulfone groups is 1. The Balaban J connectivity index is 0.860. The zero-order valence-corrected chi connectivity index (χ0v) is 36.0. The highest BCUT2D eigenvalue weighted by Gasteiger charge is 2.30. The van der Waals surface area contributed by atoms with Crippen molar-refractivity contribution in [3.8, 4) is 22.6 Å². The first-order valence-corrected chi connectivity index (χ1v) is 22.1. The molecular weight excluding hydrogens is 792 g/mol. The van der Waals surface area contributed by atoms with E-state index in [1.54, 1.807) is 13.2 Å². The van der Waals surface area contributed by atoms with Crippen LogP contribution in [0.4, 0.5) is 0 Å². The maximum atomic E-state index is 13.3. The number of rotatable bonds is 22. The lowest BCUT2D eigenvalue weighted by molar-refractivity contribution is -0.119. The Morgan fingerprint density at radius 1 is 0.864 bits per heavy atom.